The summed E-state index contributed by atoms with van der Waals surface area (Å²) in [7, 11) is -3.56. The van der Waals surface area contributed by atoms with Crippen LogP contribution >= 0.6 is 11.6 Å². The summed E-state index contributed by atoms with van der Waals surface area (Å²) >= 11 is 6.09. The summed E-state index contributed by atoms with van der Waals surface area (Å²) < 4.78 is 26.6. The third-order valence-electron chi connectivity index (χ3n) is 6.87. The van der Waals surface area contributed by atoms with Gasteiger partial charge in [0, 0.05) is 37.5 Å². The first-order valence-corrected chi connectivity index (χ1v) is 16.3. The molecule has 3 aromatic carbocycles. The summed E-state index contributed by atoms with van der Waals surface area (Å²) in [6.07, 6.45) is 3.53. The molecule has 3 aromatic rings. The van der Waals surface area contributed by atoms with Crippen molar-refractivity contribution in [3.8, 4) is 0 Å². The first-order chi connectivity index (χ1) is 19.6. The lowest BCUT2D eigenvalue weighted by atomic mass is 10.0. The van der Waals surface area contributed by atoms with Crippen molar-refractivity contribution < 1.29 is 18.0 Å². The van der Waals surface area contributed by atoms with Crippen LogP contribution in [-0.2, 0) is 39.0 Å². The highest BCUT2D eigenvalue weighted by Crippen LogP contribution is 2.21. The average molecular weight is 598 g/mol. The zero-order valence-corrected chi connectivity index (χ0v) is 25.6. The van der Waals surface area contributed by atoms with Crippen molar-refractivity contribution in [1.82, 2.24) is 10.2 Å². The van der Waals surface area contributed by atoms with Gasteiger partial charge < -0.3 is 10.2 Å². The molecule has 1 N–H and O–H groups in total. The monoisotopic (exact) mass is 597 g/mol. The van der Waals surface area contributed by atoms with Crippen LogP contribution in [0.1, 0.15) is 49.8 Å². The van der Waals surface area contributed by atoms with Gasteiger partial charge in [-0.3, -0.25) is 13.9 Å². The van der Waals surface area contributed by atoms with E-state index in [1.54, 1.807) is 29.2 Å². The molecule has 2 amide bonds. The molecule has 1 atom stereocenters. The highest BCUT2D eigenvalue weighted by atomic mass is 35.5. The molecule has 0 fully saturated rings. The molecule has 0 spiro atoms. The van der Waals surface area contributed by atoms with Gasteiger partial charge in [0.2, 0.25) is 21.8 Å². The van der Waals surface area contributed by atoms with E-state index in [9.17, 15) is 18.0 Å². The number of benzene rings is 3. The van der Waals surface area contributed by atoms with Crippen LogP contribution in [0.25, 0.3) is 0 Å². The smallest absolute Gasteiger partial charge is 0.243 e. The number of aryl methyl sites for hydroxylation is 1. The summed E-state index contributed by atoms with van der Waals surface area (Å²) in [5.41, 5.74) is 3.46. The molecule has 0 radical (unpaired) electrons. The second-order valence-electron chi connectivity index (χ2n) is 10.1. The summed E-state index contributed by atoms with van der Waals surface area (Å²) in [6, 6.07) is 23.5. The largest absolute Gasteiger partial charge is 0.354 e. The van der Waals surface area contributed by atoms with E-state index in [4.69, 9.17) is 11.6 Å². The van der Waals surface area contributed by atoms with Crippen molar-refractivity contribution in [2.45, 2.75) is 58.5 Å². The number of amides is 2. The minimum Gasteiger partial charge on any atom is -0.354 e. The van der Waals surface area contributed by atoms with Crippen molar-refractivity contribution in [3.63, 3.8) is 0 Å². The zero-order valence-electron chi connectivity index (χ0n) is 24.1. The lowest BCUT2D eigenvalue weighted by Gasteiger charge is -2.32. The SMILES string of the molecule is CCCNC(=O)[C@H](Cc1ccccc1)N(Cc1ccc(Cl)cc1)C(=O)CCCN(c1ccc(CC)cc1)S(C)(=O)=O. The summed E-state index contributed by atoms with van der Waals surface area (Å²) in [4.78, 5) is 28.9. The van der Waals surface area contributed by atoms with E-state index < -0.39 is 16.1 Å². The molecule has 0 aromatic heterocycles. The van der Waals surface area contributed by atoms with Crippen LogP contribution in [-0.4, -0.2) is 50.5 Å². The molecule has 7 nitrogen and oxygen atoms in total. The highest BCUT2D eigenvalue weighted by Gasteiger charge is 2.30. The van der Waals surface area contributed by atoms with E-state index >= 15 is 0 Å². The molecule has 0 aliphatic carbocycles. The molecule has 0 aliphatic heterocycles. The molecule has 0 saturated heterocycles. The number of hydrogen-bond acceptors (Lipinski definition) is 4. The number of halogens is 1. The number of nitrogens with zero attached hydrogens (tertiary/aromatic N) is 2. The fourth-order valence-electron chi connectivity index (χ4n) is 4.61. The van der Waals surface area contributed by atoms with Gasteiger partial charge in [-0.15, -0.1) is 0 Å². The van der Waals surface area contributed by atoms with Gasteiger partial charge in [-0.1, -0.05) is 80.0 Å². The number of nitrogens with one attached hydrogen (secondary N) is 1. The Morgan fingerprint density at radius 1 is 0.878 bits per heavy atom. The molecule has 0 aliphatic rings. The molecule has 3 rings (SSSR count). The highest BCUT2D eigenvalue weighted by molar-refractivity contribution is 7.92. The Labute approximate surface area is 249 Å². The van der Waals surface area contributed by atoms with Gasteiger partial charge in [0.15, 0.2) is 0 Å². The van der Waals surface area contributed by atoms with Crippen LogP contribution in [0.4, 0.5) is 5.69 Å². The van der Waals surface area contributed by atoms with Gasteiger partial charge in [-0.05, 0) is 60.2 Å². The lowest BCUT2D eigenvalue weighted by molar-refractivity contribution is -0.141. The fraction of sp³-hybridized carbons (Fsp3) is 0.375. The summed E-state index contributed by atoms with van der Waals surface area (Å²) in [5, 5.41) is 3.55. The Kier molecular flexibility index (Phi) is 12.2. The van der Waals surface area contributed by atoms with Crippen LogP contribution in [0.5, 0.6) is 0 Å². The predicted molar refractivity (Wildman–Crippen MR) is 166 cm³/mol. The van der Waals surface area contributed by atoms with Crippen LogP contribution in [0.15, 0.2) is 78.9 Å². The maximum atomic E-state index is 13.8. The predicted octanol–water partition coefficient (Wildman–Crippen LogP) is 5.61. The molecular formula is C32H40ClN3O4S. The van der Waals surface area contributed by atoms with Gasteiger partial charge in [-0.2, -0.15) is 0 Å². The van der Waals surface area contributed by atoms with E-state index in [-0.39, 0.29) is 31.3 Å². The number of anilines is 1. The van der Waals surface area contributed by atoms with E-state index in [2.05, 4.69) is 5.32 Å². The Morgan fingerprint density at radius 2 is 1.51 bits per heavy atom. The fourth-order valence-corrected chi connectivity index (χ4v) is 5.70. The quantitative estimate of drug-likeness (QED) is 0.247. The van der Waals surface area contributed by atoms with Crippen molar-refractivity contribution in [2.24, 2.45) is 0 Å². The van der Waals surface area contributed by atoms with Crippen LogP contribution in [0.3, 0.4) is 0 Å². The van der Waals surface area contributed by atoms with Crippen molar-refractivity contribution >= 4 is 39.1 Å². The van der Waals surface area contributed by atoms with Gasteiger partial charge in [-0.25, -0.2) is 8.42 Å². The van der Waals surface area contributed by atoms with Crippen molar-refractivity contribution in [3.05, 3.63) is 101 Å². The van der Waals surface area contributed by atoms with Crippen LogP contribution < -0.4 is 9.62 Å². The number of sulfonamides is 1. The van der Waals surface area contributed by atoms with Crippen LogP contribution in [0.2, 0.25) is 5.02 Å². The maximum Gasteiger partial charge on any atom is 0.243 e. The topological polar surface area (TPSA) is 86.8 Å². The van der Waals surface area contributed by atoms with Gasteiger partial charge in [0.05, 0.1) is 11.9 Å². The number of carbonyl (C=O) groups excluding carboxylic acids is 2. The van der Waals surface area contributed by atoms with E-state index in [0.717, 1.165) is 29.5 Å². The minimum absolute atomic E-state index is 0.0823. The first-order valence-electron chi connectivity index (χ1n) is 14.0. The third kappa shape index (κ3) is 9.90. The Bertz CT molecular complexity index is 1360. The van der Waals surface area contributed by atoms with E-state index in [0.29, 0.717) is 30.1 Å². The molecular weight excluding hydrogens is 558 g/mol. The number of carbonyl (C=O) groups is 2. The minimum atomic E-state index is -3.56. The lowest BCUT2D eigenvalue weighted by Crippen LogP contribution is -2.50. The Morgan fingerprint density at radius 3 is 2.10 bits per heavy atom. The van der Waals surface area contributed by atoms with E-state index in [1.165, 1.54) is 10.6 Å². The third-order valence-corrected chi connectivity index (χ3v) is 8.32. The van der Waals surface area contributed by atoms with Crippen LogP contribution in [0, 0.1) is 0 Å². The van der Waals surface area contributed by atoms with Crippen molar-refractivity contribution in [2.75, 3.05) is 23.7 Å². The molecule has 0 saturated carbocycles. The summed E-state index contributed by atoms with van der Waals surface area (Å²) in [6.45, 7) is 4.90. The molecule has 9 heteroatoms. The summed E-state index contributed by atoms with van der Waals surface area (Å²) in [5.74, 6) is -0.436. The molecule has 0 unspecified atom stereocenters. The molecule has 0 bridgehead atoms. The Balaban J connectivity index is 1.85. The second-order valence-corrected chi connectivity index (χ2v) is 12.4. The second kappa shape index (κ2) is 15.6. The number of hydrogen-bond donors (Lipinski definition) is 1. The number of rotatable bonds is 15. The first kappa shape index (κ1) is 32.2. The van der Waals surface area contributed by atoms with Gasteiger partial charge >= 0.3 is 0 Å². The van der Waals surface area contributed by atoms with Crippen molar-refractivity contribution in [1.29, 1.82) is 0 Å². The molecule has 41 heavy (non-hydrogen) atoms. The standard InChI is InChI=1S/C32H40ClN3O4S/c1-4-21-34-32(38)30(23-26-10-7-6-8-11-26)35(24-27-13-17-28(33)18-14-27)31(37)12-9-22-36(41(3,39)40)29-19-15-25(5-2)16-20-29/h6-8,10-11,13-20,30H,4-5,9,12,21-24H2,1-3H3,(H,34,38)/t30-/m0/s1. The molecule has 220 valence electrons. The van der Waals surface area contributed by atoms with Gasteiger partial charge in [0.1, 0.15) is 6.04 Å². The maximum absolute atomic E-state index is 13.8. The Hall–Kier alpha value is -3.36. The average Bonchev–Trinajstić information content (AvgIpc) is 2.96. The zero-order chi connectivity index (χ0) is 29.8. The normalized spacial score (nSPS) is 12.0. The van der Waals surface area contributed by atoms with E-state index in [1.807, 2.05) is 68.4 Å². The molecule has 0 heterocycles. The van der Waals surface area contributed by atoms with Gasteiger partial charge in [0.25, 0.3) is 0 Å².